The van der Waals surface area contributed by atoms with Gasteiger partial charge in [-0.1, -0.05) is 6.07 Å². The highest BCUT2D eigenvalue weighted by Crippen LogP contribution is 2.29. The van der Waals surface area contributed by atoms with Crippen LogP contribution in [-0.2, 0) is 0 Å². The summed E-state index contributed by atoms with van der Waals surface area (Å²) in [6, 6.07) is 5.79. The van der Waals surface area contributed by atoms with Gasteiger partial charge in [-0.25, -0.2) is 0 Å². The average Bonchev–Trinajstić information content (AvgIpc) is 2.52. The first kappa shape index (κ1) is 7.03. The molecule has 0 aliphatic rings. The van der Waals surface area contributed by atoms with Gasteiger partial charge in [0.2, 0.25) is 0 Å². The average molecular weight is 162 g/mol. The second-order valence-corrected chi connectivity index (χ2v) is 2.63. The van der Waals surface area contributed by atoms with Crippen molar-refractivity contribution in [3.8, 4) is 5.75 Å². The number of H-pyrrole nitrogens is 1. The topological polar surface area (TPSA) is 51.0 Å². The van der Waals surface area contributed by atoms with E-state index in [4.69, 9.17) is 10.5 Å². The molecule has 0 spiro atoms. The number of anilines is 1. The van der Waals surface area contributed by atoms with Crippen LogP contribution in [0.3, 0.4) is 0 Å². The fourth-order valence-electron chi connectivity index (χ4n) is 1.34. The van der Waals surface area contributed by atoms with Crippen molar-refractivity contribution in [2.45, 2.75) is 0 Å². The molecule has 1 heterocycles. The summed E-state index contributed by atoms with van der Waals surface area (Å²) >= 11 is 0. The molecule has 0 unspecified atom stereocenters. The highest BCUT2D eigenvalue weighted by Gasteiger charge is 2.04. The first-order valence-electron chi connectivity index (χ1n) is 3.72. The number of hydrogen-bond donors (Lipinski definition) is 2. The van der Waals surface area contributed by atoms with Gasteiger partial charge >= 0.3 is 0 Å². The van der Waals surface area contributed by atoms with Crippen molar-refractivity contribution in [1.29, 1.82) is 0 Å². The molecule has 0 bridgehead atoms. The number of nitrogens with one attached hydrogen (secondary N) is 1. The minimum absolute atomic E-state index is 0.660. The Balaban J connectivity index is 2.83. The highest BCUT2D eigenvalue weighted by molar-refractivity contribution is 5.90. The van der Waals surface area contributed by atoms with Crippen LogP contribution in [0.25, 0.3) is 10.9 Å². The van der Waals surface area contributed by atoms with Gasteiger partial charge in [0.15, 0.2) is 5.75 Å². The van der Waals surface area contributed by atoms with Crippen LogP contribution in [0.2, 0.25) is 0 Å². The zero-order valence-corrected chi connectivity index (χ0v) is 6.79. The summed E-state index contributed by atoms with van der Waals surface area (Å²) in [6.45, 7) is 0. The van der Waals surface area contributed by atoms with Crippen LogP contribution in [0.4, 0.5) is 5.69 Å². The van der Waals surface area contributed by atoms with E-state index >= 15 is 0 Å². The van der Waals surface area contributed by atoms with Gasteiger partial charge in [-0.2, -0.15) is 0 Å². The normalized spacial score (nSPS) is 10.4. The van der Waals surface area contributed by atoms with E-state index in [-0.39, 0.29) is 0 Å². The number of nitrogens with two attached hydrogens (primary N) is 1. The second-order valence-electron chi connectivity index (χ2n) is 2.63. The third kappa shape index (κ3) is 0.830. The van der Waals surface area contributed by atoms with Crippen molar-refractivity contribution in [1.82, 2.24) is 4.98 Å². The molecule has 0 fully saturated rings. The summed E-state index contributed by atoms with van der Waals surface area (Å²) in [5, 5.41) is 1.11. The lowest BCUT2D eigenvalue weighted by Gasteiger charge is -2.04. The first-order valence-corrected chi connectivity index (χ1v) is 3.72. The Morgan fingerprint density at radius 3 is 2.92 bits per heavy atom. The van der Waals surface area contributed by atoms with Crippen molar-refractivity contribution in [3.63, 3.8) is 0 Å². The van der Waals surface area contributed by atoms with Gasteiger partial charge in [-0.15, -0.1) is 0 Å². The number of aromatic nitrogens is 1. The Kier molecular flexibility index (Phi) is 1.43. The molecular weight excluding hydrogens is 152 g/mol. The summed E-state index contributed by atoms with van der Waals surface area (Å²) in [7, 11) is 1.62. The number of methoxy groups -OCH3 is 1. The molecule has 0 saturated heterocycles. The van der Waals surface area contributed by atoms with Crippen LogP contribution in [0.1, 0.15) is 0 Å². The van der Waals surface area contributed by atoms with E-state index in [1.807, 2.05) is 24.4 Å². The van der Waals surface area contributed by atoms with Crippen molar-refractivity contribution in [3.05, 3.63) is 24.4 Å². The molecule has 0 radical (unpaired) electrons. The van der Waals surface area contributed by atoms with Gasteiger partial charge < -0.3 is 15.5 Å². The molecular formula is C9H10N2O. The maximum absolute atomic E-state index is 5.71. The number of ether oxygens (including phenoxy) is 1. The number of benzene rings is 1. The summed E-state index contributed by atoms with van der Waals surface area (Å²) in [6.07, 6.45) is 1.87. The standard InChI is InChI=1S/C9H10N2O/c1-12-9-7(10)3-2-6-4-5-11-8(6)9/h2-5,11H,10H2,1H3. The van der Waals surface area contributed by atoms with Crippen LogP contribution in [0.5, 0.6) is 5.75 Å². The SMILES string of the molecule is COc1c(N)ccc2cc[nH]c12. The monoisotopic (exact) mass is 162 g/mol. The number of aromatic amines is 1. The lowest BCUT2D eigenvalue weighted by atomic mass is 10.2. The molecule has 0 aliphatic heterocycles. The summed E-state index contributed by atoms with van der Waals surface area (Å²) in [4.78, 5) is 3.07. The minimum Gasteiger partial charge on any atom is -0.492 e. The van der Waals surface area contributed by atoms with Crippen LogP contribution in [0.15, 0.2) is 24.4 Å². The largest absolute Gasteiger partial charge is 0.492 e. The predicted octanol–water partition coefficient (Wildman–Crippen LogP) is 1.76. The maximum atomic E-state index is 5.71. The number of hydrogen-bond acceptors (Lipinski definition) is 2. The molecule has 0 atom stereocenters. The zero-order chi connectivity index (χ0) is 8.55. The van der Waals surface area contributed by atoms with Gasteiger partial charge in [0.1, 0.15) is 0 Å². The van der Waals surface area contributed by atoms with Crippen molar-refractivity contribution >= 4 is 16.6 Å². The van der Waals surface area contributed by atoms with Crippen LogP contribution >= 0.6 is 0 Å². The Morgan fingerprint density at radius 2 is 2.17 bits per heavy atom. The molecule has 0 aliphatic carbocycles. The van der Waals surface area contributed by atoms with E-state index in [2.05, 4.69) is 4.98 Å². The quantitative estimate of drug-likeness (QED) is 0.628. The third-order valence-electron chi connectivity index (χ3n) is 1.92. The molecule has 1 aromatic heterocycles. The van der Waals surface area contributed by atoms with Crippen molar-refractivity contribution in [2.75, 3.05) is 12.8 Å². The molecule has 2 rings (SSSR count). The molecule has 3 nitrogen and oxygen atoms in total. The minimum atomic E-state index is 0.660. The first-order chi connectivity index (χ1) is 5.83. The van der Waals surface area contributed by atoms with Crippen molar-refractivity contribution in [2.24, 2.45) is 0 Å². The number of nitrogen functional groups attached to an aromatic ring is 1. The van der Waals surface area contributed by atoms with Gasteiger partial charge in [0.05, 0.1) is 18.3 Å². The Morgan fingerprint density at radius 1 is 1.33 bits per heavy atom. The molecule has 0 amide bonds. The number of fused-ring (bicyclic) bond motifs is 1. The van der Waals surface area contributed by atoms with E-state index < -0.39 is 0 Å². The molecule has 0 saturated carbocycles. The van der Waals surface area contributed by atoms with Crippen molar-refractivity contribution < 1.29 is 4.74 Å². The molecule has 12 heavy (non-hydrogen) atoms. The Labute approximate surface area is 70.1 Å². The Bertz CT molecular complexity index is 406. The van der Waals surface area contributed by atoms with Gasteiger partial charge in [0, 0.05) is 11.6 Å². The fraction of sp³-hybridized carbons (Fsp3) is 0.111. The predicted molar refractivity (Wildman–Crippen MR) is 49.3 cm³/mol. The smallest absolute Gasteiger partial charge is 0.165 e. The van der Waals surface area contributed by atoms with E-state index in [0.717, 1.165) is 16.7 Å². The molecule has 1 aromatic carbocycles. The number of rotatable bonds is 1. The second kappa shape index (κ2) is 2.44. The van der Waals surface area contributed by atoms with E-state index in [9.17, 15) is 0 Å². The third-order valence-corrected chi connectivity index (χ3v) is 1.92. The highest BCUT2D eigenvalue weighted by atomic mass is 16.5. The summed E-state index contributed by atoms with van der Waals surface area (Å²) < 4.78 is 5.16. The summed E-state index contributed by atoms with van der Waals surface area (Å²) in [5.74, 6) is 0.720. The van der Waals surface area contributed by atoms with E-state index in [1.54, 1.807) is 7.11 Å². The van der Waals surface area contributed by atoms with Gasteiger partial charge in [-0.05, 0) is 12.1 Å². The van der Waals surface area contributed by atoms with E-state index in [0.29, 0.717) is 5.69 Å². The molecule has 3 N–H and O–H groups in total. The van der Waals surface area contributed by atoms with Gasteiger partial charge in [-0.3, -0.25) is 0 Å². The van der Waals surface area contributed by atoms with Gasteiger partial charge in [0.25, 0.3) is 0 Å². The fourth-order valence-corrected chi connectivity index (χ4v) is 1.34. The maximum Gasteiger partial charge on any atom is 0.165 e. The van der Waals surface area contributed by atoms with E-state index in [1.165, 1.54) is 0 Å². The van der Waals surface area contributed by atoms with Crippen LogP contribution < -0.4 is 10.5 Å². The summed E-state index contributed by atoms with van der Waals surface area (Å²) in [5.41, 5.74) is 7.33. The molecule has 62 valence electrons. The Hall–Kier alpha value is -1.64. The zero-order valence-electron chi connectivity index (χ0n) is 6.79. The molecule has 2 aromatic rings. The van der Waals surface area contributed by atoms with Crippen LogP contribution in [0, 0.1) is 0 Å². The lowest BCUT2D eigenvalue weighted by Crippen LogP contribution is -1.92. The molecule has 3 heteroatoms. The van der Waals surface area contributed by atoms with Crippen LogP contribution in [-0.4, -0.2) is 12.1 Å². The lowest BCUT2D eigenvalue weighted by molar-refractivity contribution is 0.421.